The van der Waals surface area contributed by atoms with Gasteiger partial charge in [0.15, 0.2) is 12.4 Å². The molecule has 3 aromatic rings. The molecule has 0 unspecified atom stereocenters. The Balaban J connectivity index is 1.63. The SMILES string of the molecule is O=C(O)COc1ccc(C(=O)/C=C/c2ccc(-c3ccccc3)cc2)cc1. The number of hydrogen-bond acceptors (Lipinski definition) is 3. The van der Waals surface area contributed by atoms with Gasteiger partial charge in [-0.25, -0.2) is 4.79 Å². The van der Waals surface area contributed by atoms with Gasteiger partial charge >= 0.3 is 5.97 Å². The standard InChI is InChI=1S/C23H18O4/c24-22(20-11-13-21(14-12-20)27-16-23(25)26)15-8-17-6-9-19(10-7-17)18-4-2-1-3-5-18/h1-15H,16H2,(H,25,26)/b15-8+. The van der Waals surface area contributed by atoms with Crippen LogP contribution in [-0.2, 0) is 4.79 Å². The van der Waals surface area contributed by atoms with Crippen LogP contribution in [0.5, 0.6) is 5.75 Å². The molecule has 1 N–H and O–H groups in total. The molecule has 134 valence electrons. The number of carboxylic acids is 1. The third-order valence-electron chi connectivity index (χ3n) is 3.95. The molecule has 0 saturated heterocycles. The van der Waals surface area contributed by atoms with Gasteiger partial charge in [-0.15, -0.1) is 0 Å². The molecule has 0 aliphatic heterocycles. The summed E-state index contributed by atoms with van der Waals surface area (Å²) in [5.74, 6) is -0.766. The molecule has 3 aromatic carbocycles. The summed E-state index contributed by atoms with van der Waals surface area (Å²) in [4.78, 5) is 22.7. The Kier molecular flexibility index (Phi) is 5.80. The van der Waals surface area contributed by atoms with Crippen molar-refractivity contribution in [3.8, 4) is 16.9 Å². The molecule has 4 heteroatoms. The molecule has 0 radical (unpaired) electrons. The average Bonchev–Trinajstić information content (AvgIpc) is 2.72. The molecule has 0 aliphatic rings. The summed E-state index contributed by atoms with van der Waals surface area (Å²) in [6.07, 6.45) is 3.29. The van der Waals surface area contributed by atoms with E-state index < -0.39 is 12.6 Å². The molecule has 0 heterocycles. The topological polar surface area (TPSA) is 63.6 Å². The highest BCUT2D eigenvalue weighted by atomic mass is 16.5. The number of carbonyl (C=O) groups excluding carboxylic acids is 1. The lowest BCUT2D eigenvalue weighted by molar-refractivity contribution is -0.139. The number of rotatable bonds is 7. The number of benzene rings is 3. The Morgan fingerprint density at radius 2 is 1.44 bits per heavy atom. The number of ether oxygens (including phenoxy) is 1. The fourth-order valence-electron chi connectivity index (χ4n) is 2.55. The first-order valence-corrected chi connectivity index (χ1v) is 8.44. The highest BCUT2D eigenvalue weighted by molar-refractivity contribution is 6.06. The van der Waals surface area contributed by atoms with Gasteiger partial charge in [-0.1, -0.05) is 60.7 Å². The molecule has 0 atom stereocenters. The highest BCUT2D eigenvalue weighted by Gasteiger charge is 2.04. The quantitative estimate of drug-likeness (QED) is 0.491. The van der Waals surface area contributed by atoms with Crippen LogP contribution in [-0.4, -0.2) is 23.5 Å². The van der Waals surface area contributed by atoms with E-state index in [1.54, 1.807) is 30.3 Å². The van der Waals surface area contributed by atoms with Crippen LogP contribution in [0.1, 0.15) is 15.9 Å². The second kappa shape index (κ2) is 8.63. The van der Waals surface area contributed by atoms with E-state index in [-0.39, 0.29) is 5.78 Å². The second-order valence-corrected chi connectivity index (χ2v) is 5.89. The van der Waals surface area contributed by atoms with Crippen molar-refractivity contribution in [2.75, 3.05) is 6.61 Å². The van der Waals surface area contributed by atoms with Crippen LogP contribution in [0.3, 0.4) is 0 Å². The number of carboxylic acid groups (broad SMARTS) is 1. The van der Waals surface area contributed by atoms with Gasteiger partial charge in [-0.2, -0.15) is 0 Å². The number of hydrogen-bond donors (Lipinski definition) is 1. The molecule has 0 fully saturated rings. The molecular formula is C23H18O4. The van der Waals surface area contributed by atoms with Gasteiger partial charge in [-0.3, -0.25) is 4.79 Å². The number of allylic oxidation sites excluding steroid dienone is 1. The Labute approximate surface area is 157 Å². The van der Waals surface area contributed by atoms with Crippen molar-refractivity contribution >= 4 is 17.8 Å². The van der Waals surface area contributed by atoms with E-state index in [1.807, 2.05) is 42.5 Å². The van der Waals surface area contributed by atoms with Gasteiger partial charge in [0.2, 0.25) is 0 Å². The Morgan fingerprint density at radius 1 is 0.815 bits per heavy atom. The predicted octanol–water partition coefficient (Wildman–Crippen LogP) is 4.71. The minimum atomic E-state index is -1.05. The number of carbonyl (C=O) groups is 2. The lowest BCUT2D eigenvalue weighted by Gasteiger charge is -2.03. The minimum Gasteiger partial charge on any atom is -0.482 e. The summed E-state index contributed by atoms with van der Waals surface area (Å²) >= 11 is 0. The summed E-state index contributed by atoms with van der Waals surface area (Å²) in [6.45, 7) is -0.411. The molecule has 0 aromatic heterocycles. The average molecular weight is 358 g/mol. The van der Waals surface area contributed by atoms with E-state index in [4.69, 9.17) is 9.84 Å². The van der Waals surface area contributed by atoms with Gasteiger partial charge in [-0.05, 0) is 47.0 Å². The largest absolute Gasteiger partial charge is 0.482 e. The lowest BCUT2D eigenvalue weighted by Crippen LogP contribution is -2.09. The van der Waals surface area contributed by atoms with Crippen molar-refractivity contribution in [2.24, 2.45) is 0 Å². The highest BCUT2D eigenvalue weighted by Crippen LogP contribution is 2.20. The maximum Gasteiger partial charge on any atom is 0.341 e. The molecular weight excluding hydrogens is 340 g/mol. The molecule has 0 amide bonds. The summed E-state index contributed by atoms with van der Waals surface area (Å²) in [5, 5.41) is 8.59. The van der Waals surface area contributed by atoms with Crippen molar-refractivity contribution in [2.45, 2.75) is 0 Å². The minimum absolute atomic E-state index is 0.132. The lowest BCUT2D eigenvalue weighted by atomic mass is 10.0. The molecule has 0 bridgehead atoms. The Hall–Kier alpha value is -3.66. The monoisotopic (exact) mass is 358 g/mol. The Morgan fingerprint density at radius 3 is 2.07 bits per heavy atom. The van der Waals surface area contributed by atoms with Gasteiger partial charge in [0.1, 0.15) is 5.75 Å². The number of aliphatic carboxylic acids is 1. The molecule has 0 spiro atoms. The van der Waals surface area contributed by atoms with Crippen LogP contribution in [0.2, 0.25) is 0 Å². The molecule has 27 heavy (non-hydrogen) atoms. The maximum absolute atomic E-state index is 12.3. The van der Waals surface area contributed by atoms with Crippen LogP contribution in [0.15, 0.2) is 84.9 Å². The first kappa shape index (κ1) is 18.1. The van der Waals surface area contributed by atoms with Crippen LogP contribution in [0, 0.1) is 0 Å². The third kappa shape index (κ3) is 5.16. The first-order chi connectivity index (χ1) is 13.1. The van der Waals surface area contributed by atoms with Crippen LogP contribution in [0.4, 0.5) is 0 Å². The summed E-state index contributed by atoms with van der Waals surface area (Å²) in [7, 11) is 0. The van der Waals surface area contributed by atoms with Gasteiger partial charge in [0, 0.05) is 5.56 Å². The zero-order valence-corrected chi connectivity index (χ0v) is 14.5. The van der Waals surface area contributed by atoms with Crippen molar-refractivity contribution < 1.29 is 19.4 Å². The molecule has 4 nitrogen and oxygen atoms in total. The summed E-state index contributed by atoms with van der Waals surface area (Å²) in [6, 6.07) is 24.5. The molecule has 0 aliphatic carbocycles. The summed E-state index contributed by atoms with van der Waals surface area (Å²) < 4.78 is 5.05. The van der Waals surface area contributed by atoms with E-state index >= 15 is 0 Å². The fourth-order valence-corrected chi connectivity index (χ4v) is 2.55. The normalized spacial score (nSPS) is 10.7. The third-order valence-corrected chi connectivity index (χ3v) is 3.95. The second-order valence-electron chi connectivity index (χ2n) is 5.89. The van der Waals surface area contributed by atoms with Gasteiger partial charge in [0.25, 0.3) is 0 Å². The first-order valence-electron chi connectivity index (χ1n) is 8.44. The summed E-state index contributed by atoms with van der Waals surface area (Å²) in [5.41, 5.74) is 3.71. The smallest absolute Gasteiger partial charge is 0.341 e. The van der Waals surface area contributed by atoms with E-state index in [0.29, 0.717) is 11.3 Å². The van der Waals surface area contributed by atoms with E-state index in [1.165, 1.54) is 6.08 Å². The van der Waals surface area contributed by atoms with Crippen molar-refractivity contribution in [1.29, 1.82) is 0 Å². The maximum atomic E-state index is 12.3. The van der Waals surface area contributed by atoms with Crippen LogP contribution in [0.25, 0.3) is 17.2 Å². The molecule has 3 rings (SSSR count). The Bertz CT molecular complexity index is 940. The predicted molar refractivity (Wildman–Crippen MR) is 105 cm³/mol. The van der Waals surface area contributed by atoms with E-state index in [9.17, 15) is 9.59 Å². The molecule has 0 saturated carbocycles. The number of ketones is 1. The van der Waals surface area contributed by atoms with Crippen molar-refractivity contribution in [3.05, 3.63) is 96.1 Å². The zero-order chi connectivity index (χ0) is 19.1. The van der Waals surface area contributed by atoms with E-state index in [0.717, 1.165) is 16.7 Å². The van der Waals surface area contributed by atoms with Crippen molar-refractivity contribution in [1.82, 2.24) is 0 Å². The van der Waals surface area contributed by atoms with Crippen LogP contribution >= 0.6 is 0 Å². The van der Waals surface area contributed by atoms with Crippen molar-refractivity contribution in [3.63, 3.8) is 0 Å². The van der Waals surface area contributed by atoms with Crippen LogP contribution < -0.4 is 4.74 Å². The fraction of sp³-hybridized carbons (Fsp3) is 0.0435. The van der Waals surface area contributed by atoms with Gasteiger partial charge < -0.3 is 9.84 Å². The van der Waals surface area contributed by atoms with E-state index in [2.05, 4.69) is 12.1 Å². The van der Waals surface area contributed by atoms with Gasteiger partial charge in [0.05, 0.1) is 0 Å². The zero-order valence-electron chi connectivity index (χ0n) is 14.5.